The number of benzene rings is 2. The molecule has 1 amide bonds. The average Bonchev–Trinajstić information content (AvgIpc) is 2.71. The minimum absolute atomic E-state index is 0.0334. The van der Waals surface area contributed by atoms with Gasteiger partial charge in [0.15, 0.2) is 11.6 Å². The monoisotopic (exact) mass is 420 g/mol. The summed E-state index contributed by atoms with van der Waals surface area (Å²) in [6.45, 7) is -0.795. The molecule has 0 fully saturated rings. The number of H-pyrrole nitrogens is 1. The highest BCUT2D eigenvalue weighted by Crippen LogP contribution is 2.37. The Bertz CT molecular complexity index is 1120. The van der Waals surface area contributed by atoms with Crippen molar-refractivity contribution >= 4 is 23.2 Å². The van der Waals surface area contributed by atoms with Gasteiger partial charge in [-0.2, -0.15) is 0 Å². The van der Waals surface area contributed by atoms with Crippen molar-refractivity contribution in [2.24, 2.45) is 0 Å². The summed E-state index contributed by atoms with van der Waals surface area (Å²) in [4.78, 5) is 26.5. The van der Waals surface area contributed by atoms with Crippen LogP contribution in [-0.2, 0) is 6.67 Å². The van der Waals surface area contributed by atoms with E-state index in [4.69, 9.17) is 21.1 Å². The Morgan fingerprint density at radius 2 is 1.90 bits per heavy atom. The topological polar surface area (TPSA) is 80.4 Å². The van der Waals surface area contributed by atoms with E-state index in [-0.39, 0.29) is 39.1 Å². The second-order valence-corrected chi connectivity index (χ2v) is 6.23. The van der Waals surface area contributed by atoms with E-state index in [2.05, 4.69) is 10.3 Å². The minimum Gasteiger partial charge on any atom is -0.494 e. The summed E-state index contributed by atoms with van der Waals surface area (Å²) in [5.74, 6) is -1.63. The van der Waals surface area contributed by atoms with Crippen molar-refractivity contribution in [3.05, 3.63) is 81.0 Å². The molecule has 0 aliphatic heterocycles. The van der Waals surface area contributed by atoms with Crippen LogP contribution in [0.25, 0.3) is 0 Å². The Hall–Kier alpha value is -3.39. The van der Waals surface area contributed by atoms with Crippen LogP contribution in [0.5, 0.6) is 17.2 Å². The van der Waals surface area contributed by atoms with Gasteiger partial charge in [0, 0.05) is 18.0 Å². The van der Waals surface area contributed by atoms with Crippen molar-refractivity contribution in [2.45, 2.75) is 6.67 Å². The van der Waals surface area contributed by atoms with Crippen molar-refractivity contribution in [3.8, 4) is 17.2 Å². The number of anilines is 1. The molecule has 6 nitrogen and oxygen atoms in total. The fourth-order valence-electron chi connectivity index (χ4n) is 2.51. The maximum Gasteiger partial charge on any atom is 0.259 e. The number of nitrogens with one attached hydrogen (secondary N) is 2. The number of alkyl halides is 1. The average molecular weight is 421 g/mol. The van der Waals surface area contributed by atoms with Gasteiger partial charge in [-0.15, -0.1) is 0 Å². The zero-order chi connectivity index (χ0) is 21.0. The quantitative estimate of drug-likeness (QED) is 0.606. The van der Waals surface area contributed by atoms with E-state index in [0.717, 1.165) is 0 Å². The molecular formula is C20H15ClF2N2O4. The van der Waals surface area contributed by atoms with Crippen molar-refractivity contribution < 1.29 is 23.0 Å². The fraction of sp³-hybridized carbons (Fsp3) is 0.100. The van der Waals surface area contributed by atoms with E-state index in [1.165, 1.54) is 55.8 Å². The van der Waals surface area contributed by atoms with Crippen molar-refractivity contribution in [3.63, 3.8) is 0 Å². The summed E-state index contributed by atoms with van der Waals surface area (Å²) < 4.78 is 37.8. The lowest BCUT2D eigenvalue weighted by molar-refractivity contribution is 0.102. The molecular weight excluding hydrogens is 406 g/mol. The summed E-state index contributed by atoms with van der Waals surface area (Å²) in [6, 6.07) is 9.45. The number of hydrogen-bond donors (Lipinski definition) is 2. The van der Waals surface area contributed by atoms with Gasteiger partial charge in [-0.25, -0.2) is 8.78 Å². The molecule has 2 aromatic carbocycles. The standard InChI is InChI=1S/C20H15ClF2N2O4/c1-28-15-5-4-14(18(21)19(15)23)29-16-8-11(10-22)2-3-13(16)20(27)25-12-6-7-24-17(26)9-12/h2-9H,10H2,1H3,(H2,24,25,26,27). The maximum atomic E-state index is 14.2. The molecule has 0 aliphatic rings. The fourth-order valence-corrected chi connectivity index (χ4v) is 2.71. The molecule has 9 heteroatoms. The number of carbonyl (C=O) groups excluding carboxylic acids is 1. The van der Waals surface area contributed by atoms with E-state index in [1.807, 2.05) is 0 Å². The molecule has 3 rings (SSSR count). The summed E-state index contributed by atoms with van der Waals surface area (Å²) in [7, 11) is 1.29. The number of aromatic nitrogens is 1. The normalized spacial score (nSPS) is 10.5. The highest BCUT2D eigenvalue weighted by Gasteiger charge is 2.19. The van der Waals surface area contributed by atoms with Gasteiger partial charge in [-0.1, -0.05) is 17.7 Å². The van der Waals surface area contributed by atoms with Gasteiger partial charge in [-0.3, -0.25) is 9.59 Å². The first-order valence-electron chi connectivity index (χ1n) is 8.31. The smallest absolute Gasteiger partial charge is 0.259 e. The van der Waals surface area contributed by atoms with Crippen LogP contribution in [0, 0.1) is 5.82 Å². The van der Waals surface area contributed by atoms with Gasteiger partial charge in [0.1, 0.15) is 23.2 Å². The minimum atomic E-state index is -0.831. The van der Waals surface area contributed by atoms with Gasteiger partial charge < -0.3 is 19.8 Å². The zero-order valence-corrected chi connectivity index (χ0v) is 15.8. The number of halogens is 3. The molecule has 0 radical (unpaired) electrons. The SMILES string of the molecule is COc1ccc(Oc2cc(CF)ccc2C(=O)Nc2cc[nH]c(=O)c2)c(Cl)c1F. The van der Waals surface area contributed by atoms with Crippen LogP contribution in [0.1, 0.15) is 15.9 Å². The van der Waals surface area contributed by atoms with E-state index < -0.39 is 24.0 Å². The number of carbonyl (C=O) groups is 1. The van der Waals surface area contributed by atoms with Crippen molar-refractivity contribution in [1.29, 1.82) is 0 Å². The number of amides is 1. The predicted molar refractivity (Wildman–Crippen MR) is 104 cm³/mol. The number of rotatable bonds is 6. The Balaban J connectivity index is 1.97. The van der Waals surface area contributed by atoms with Crippen LogP contribution in [0.2, 0.25) is 5.02 Å². The molecule has 2 N–H and O–H groups in total. The van der Waals surface area contributed by atoms with Crippen LogP contribution in [0.15, 0.2) is 53.5 Å². The zero-order valence-electron chi connectivity index (χ0n) is 15.1. The molecule has 0 unspecified atom stereocenters. The van der Waals surface area contributed by atoms with Crippen LogP contribution in [-0.4, -0.2) is 18.0 Å². The third-order valence-electron chi connectivity index (χ3n) is 3.93. The van der Waals surface area contributed by atoms with Gasteiger partial charge in [0.25, 0.3) is 5.91 Å². The Morgan fingerprint density at radius 1 is 1.14 bits per heavy atom. The maximum absolute atomic E-state index is 14.2. The molecule has 0 atom stereocenters. The number of hydrogen-bond acceptors (Lipinski definition) is 4. The summed E-state index contributed by atoms with van der Waals surface area (Å²) in [5.41, 5.74) is 0.146. The second-order valence-electron chi connectivity index (χ2n) is 5.86. The highest BCUT2D eigenvalue weighted by atomic mass is 35.5. The molecule has 0 saturated carbocycles. The molecule has 1 aromatic heterocycles. The lowest BCUT2D eigenvalue weighted by Crippen LogP contribution is -2.15. The van der Waals surface area contributed by atoms with Crippen LogP contribution < -0.4 is 20.3 Å². The number of methoxy groups -OCH3 is 1. The molecule has 0 aliphatic carbocycles. The summed E-state index contributed by atoms with van der Waals surface area (Å²) in [6.07, 6.45) is 1.38. The molecule has 29 heavy (non-hydrogen) atoms. The number of ether oxygens (including phenoxy) is 2. The molecule has 150 valence electrons. The number of aromatic amines is 1. The Labute approximate surface area is 169 Å². The lowest BCUT2D eigenvalue weighted by atomic mass is 10.1. The van der Waals surface area contributed by atoms with E-state index >= 15 is 0 Å². The first-order valence-corrected chi connectivity index (χ1v) is 8.69. The third kappa shape index (κ3) is 4.55. The van der Waals surface area contributed by atoms with Crippen molar-refractivity contribution in [1.82, 2.24) is 4.98 Å². The molecule has 0 spiro atoms. The molecule has 1 heterocycles. The highest BCUT2D eigenvalue weighted by molar-refractivity contribution is 6.32. The van der Waals surface area contributed by atoms with E-state index in [9.17, 15) is 18.4 Å². The van der Waals surface area contributed by atoms with E-state index in [1.54, 1.807) is 0 Å². The van der Waals surface area contributed by atoms with Crippen LogP contribution in [0.4, 0.5) is 14.5 Å². The second kappa shape index (κ2) is 8.74. The Morgan fingerprint density at radius 3 is 2.59 bits per heavy atom. The lowest BCUT2D eigenvalue weighted by Gasteiger charge is -2.14. The van der Waals surface area contributed by atoms with Gasteiger partial charge in [0.2, 0.25) is 5.56 Å². The summed E-state index contributed by atoms with van der Waals surface area (Å²) in [5, 5.41) is 2.20. The first kappa shape index (κ1) is 20.3. The van der Waals surface area contributed by atoms with Gasteiger partial charge >= 0.3 is 0 Å². The number of pyridine rings is 1. The molecule has 0 saturated heterocycles. The predicted octanol–water partition coefficient (Wildman–Crippen LogP) is 4.69. The van der Waals surface area contributed by atoms with E-state index in [0.29, 0.717) is 0 Å². The van der Waals surface area contributed by atoms with Crippen LogP contribution in [0.3, 0.4) is 0 Å². The van der Waals surface area contributed by atoms with Crippen LogP contribution >= 0.6 is 11.6 Å². The molecule has 0 bridgehead atoms. The largest absolute Gasteiger partial charge is 0.494 e. The Kier molecular flexibility index (Phi) is 6.13. The van der Waals surface area contributed by atoms with Gasteiger partial charge in [-0.05, 0) is 35.9 Å². The third-order valence-corrected chi connectivity index (χ3v) is 4.28. The molecule has 3 aromatic rings. The van der Waals surface area contributed by atoms with Crippen molar-refractivity contribution in [2.75, 3.05) is 12.4 Å². The summed E-state index contributed by atoms with van der Waals surface area (Å²) >= 11 is 5.99. The first-order chi connectivity index (χ1) is 13.9. The van der Waals surface area contributed by atoms with Gasteiger partial charge in [0.05, 0.1) is 12.7 Å².